The van der Waals surface area contributed by atoms with Crippen LogP contribution in [-0.4, -0.2) is 13.3 Å². The van der Waals surface area contributed by atoms with E-state index in [4.69, 9.17) is 16.3 Å². The van der Waals surface area contributed by atoms with Crippen LogP contribution in [0.25, 0.3) is 0 Å². The lowest BCUT2D eigenvalue weighted by atomic mass is 10.2. The highest BCUT2D eigenvalue weighted by Crippen LogP contribution is 2.19. The van der Waals surface area contributed by atoms with Gasteiger partial charge in [0.1, 0.15) is 12.0 Å². The summed E-state index contributed by atoms with van der Waals surface area (Å²) in [5, 5.41) is 3.87. The van der Waals surface area contributed by atoms with Crippen molar-refractivity contribution in [3.63, 3.8) is 0 Å². The minimum absolute atomic E-state index is 0.0741. The quantitative estimate of drug-likeness (QED) is 0.579. The van der Waals surface area contributed by atoms with E-state index in [9.17, 15) is 0 Å². The van der Waals surface area contributed by atoms with Gasteiger partial charge in [0.15, 0.2) is 0 Å². The Morgan fingerprint density at radius 3 is 2.81 bits per heavy atom. The van der Waals surface area contributed by atoms with Crippen LogP contribution in [0.2, 0.25) is 5.02 Å². The number of hydrogen-bond acceptors (Lipinski definition) is 2. The second kappa shape index (κ2) is 7.53. The lowest BCUT2D eigenvalue weighted by molar-refractivity contribution is 0.160. The molecule has 0 aromatic heterocycles. The van der Waals surface area contributed by atoms with E-state index < -0.39 is 0 Å². The van der Waals surface area contributed by atoms with Gasteiger partial charge in [0.25, 0.3) is 0 Å². The molecule has 0 saturated carbocycles. The van der Waals surface area contributed by atoms with Crippen molar-refractivity contribution < 1.29 is 4.74 Å². The Morgan fingerprint density at radius 1 is 1.38 bits per heavy atom. The van der Waals surface area contributed by atoms with Gasteiger partial charge >= 0.3 is 0 Å². The van der Waals surface area contributed by atoms with Gasteiger partial charge in [0, 0.05) is 5.02 Å². The van der Waals surface area contributed by atoms with Crippen LogP contribution in [0.3, 0.4) is 0 Å². The molecule has 1 aromatic rings. The van der Waals surface area contributed by atoms with E-state index in [1.54, 1.807) is 0 Å². The van der Waals surface area contributed by atoms with E-state index in [0.29, 0.717) is 5.02 Å². The average Bonchev–Trinajstić information content (AvgIpc) is 2.28. The number of rotatable bonds is 7. The molecule has 0 heterocycles. The van der Waals surface area contributed by atoms with E-state index >= 15 is 0 Å². The molecule has 16 heavy (non-hydrogen) atoms. The molecule has 2 nitrogen and oxygen atoms in total. The van der Waals surface area contributed by atoms with Crippen LogP contribution < -0.4 is 10.1 Å². The molecule has 1 atom stereocenters. The van der Waals surface area contributed by atoms with E-state index in [2.05, 4.69) is 12.2 Å². The van der Waals surface area contributed by atoms with E-state index in [1.165, 1.54) is 19.3 Å². The van der Waals surface area contributed by atoms with Gasteiger partial charge in [-0.2, -0.15) is 0 Å². The van der Waals surface area contributed by atoms with Gasteiger partial charge in [-0.05, 0) is 38.1 Å². The molecule has 0 aliphatic heterocycles. The second-order valence-electron chi connectivity index (χ2n) is 3.85. The fourth-order valence-corrected chi connectivity index (χ4v) is 1.73. The number of nitrogens with one attached hydrogen (secondary N) is 1. The first kappa shape index (κ1) is 13.3. The Hall–Kier alpha value is -0.730. The molecule has 0 bridgehead atoms. The molecule has 1 aromatic carbocycles. The van der Waals surface area contributed by atoms with Crippen LogP contribution in [0.1, 0.15) is 32.6 Å². The van der Waals surface area contributed by atoms with Gasteiger partial charge < -0.3 is 4.74 Å². The predicted molar refractivity (Wildman–Crippen MR) is 69.1 cm³/mol. The molecule has 0 radical (unpaired) electrons. The predicted octanol–water partition coefficient (Wildman–Crippen LogP) is 3.84. The van der Waals surface area contributed by atoms with Crippen molar-refractivity contribution in [2.75, 3.05) is 7.05 Å². The van der Waals surface area contributed by atoms with Gasteiger partial charge in [0.2, 0.25) is 0 Å². The topological polar surface area (TPSA) is 21.3 Å². The first-order valence-corrected chi connectivity index (χ1v) is 6.23. The highest BCUT2D eigenvalue weighted by molar-refractivity contribution is 6.30. The van der Waals surface area contributed by atoms with Crippen molar-refractivity contribution in [3.8, 4) is 5.75 Å². The molecule has 0 saturated heterocycles. The Bertz CT molecular complexity index is 304. The summed E-state index contributed by atoms with van der Waals surface area (Å²) in [6.45, 7) is 2.20. The third-order valence-electron chi connectivity index (χ3n) is 2.47. The van der Waals surface area contributed by atoms with E-state index in [1.807, 2.05) is 31.3 Å². The Kier molecular flexibility index (Phi) is 6.27. The summed E-state index contributed by atoms with van der Waals surface area (Å²) in [6, 6.07) is 7.51. The molecule has 90 valence electrons. The highest BCUT2D eigenvalue weighted by Gasteiger charge is 2.07. The number of benzene rings is 1. The number of hydrogen-bond donors (Lipinski definition) is 1. The first-order valence-electron chi connectivity index (χ1n) is 5.85. The average molecular weight is 242 g/mol. The molecule has 1 N–H and O–H groups in total. The maximum absolute atomic E-state index is 5.90. The lowest BCUT2D eigenvalue weighted by Crippen LogP contribution is -2.31. The van der Waals surface area contributed by atoms with Gasteiger partial charge in [-0.15, -0.1) is 0 Å². The van der Waals surface area contributed by atoms with Gasteiger partial charge in [0.05, 0.1) is 0 Å². The van der Waals surface area contributed by atoms with Crippen molar-refractivity contribution in [1.29, 1.82) is 0 Å². The third kappa shape index (κ3) is 4.86. The molecule has 3 heteroatoms. The molecule has 0 amide bonds. The smallest absolute Gasteiger partial charge is 0.149 e. The van der Waals surface area contributed by atoms with Crippen LogP contribution in [0, 0.1) is 0 Å². The molecule has 0 aliphatic rings. The first-order chi connectivity index (χ1) is 7.76. The number of unbranched alkanes of at least 4 members (excludes halogenated alkanes) is 2. The fraction of sp³-hybridized carbons (Fsp3) is 0.538. The van der Waals surface area contributed by atoms with Crippen molar-refractivity contribution in [2.24, 2.45) is 0 Å². The standard InChI is InChI=1S/C13H20ClNO/c1-3-4-5-9-13(15-2)16-12-8-6-7-11(14)10-12/h6-8,10,13,15H,3-5,9H2,1-2H3. The zero-order valence-corrected chi connectivity index (χ0v) is 10.8. The highest BCUT2D eigenvalue weighted by atomic mass is 35.5. The molecule has 0 fully saturated rings. The van der Waals surface area contributed by atoms with Crippen LogP contribution >= 0.6 is 11.6 Å². The number of halogens is 1. The van der Waals surface area contributed by atoms with E-state index in [0.717, 1.165) is 12.2 Å². The summed E-state index contributed by atoms with van der Waals surface area (Å²) < 4.78 is 5.80. The lowest BCUT2D eigenvalue weighted by Gasteiger charge is -2.18. The van der Waals surface area contributed by atoms with Crippen LogP contribution in [0.15, 0.2) is 24.3 Å². The van der Waals surface area contributed by atoms with Crippen molar-refractivity contribution in [2.45, 2.75) is 38.8 Å². The minimum Gasteiger partial charge on any atom is -0.475 e. The Labute approximate surface area is 103 Å². The summed E-state index contributed by atoms with van der Waals surface area (Å²) in [5.41, 5.74) is 0. The maximum atomic E-state index is 5.90. The molecular formula is C13H20ClNO. The van der Waals surface area contributed by atoms with E-state index in [-0.39, 0.29) is 6.23 Å². The SMILES string of the molecule is CCCCCC(NC)Oc1cccc(Cl)c1. The summed E-state index contributed by atoms with van der Waals surface area (Å²) in [7, 11) is 1.92. The van der Waals surface area contributed by atoms with Gasteiger partial charge in [-0.25, -0.2) is 0 Å². The molecule has 0 aliphatic carbocycles. The van der Waals surface area contributed by atoms with Crippen molar-refractivity contribution >= 4 is 11.6 Å². The largest absolute Gasteiger partial charge is 0.475 e. The van der Waals surface area contributed by atoms with Crippen LogP contribution in [0.4, 0.5) is 0 Å². The Morgan fingerprint density at radius 2 is 2.19 bits per heavy atom. The monoisotopic (exact) mass is 241 g/mol. The fourth-order valence-electron chi connectivity index (χ4n) is 1.55. The van der Waals surface area contributed by atoms with Crippen molar-refractivity contribution in [1.82, 2.24) is 5.32 Å². The van der Waals surface area contributed by atoms with Crippen LogP contribution in [0.5, 0.6) is 5.75 Å². The molecule has 1 unspecified atom stereocenters. The maximum Gasteiger partial charge on any atom is 0.149 e. The minimum atomic E-state index is 0.0741. The number of ether oxygens (including phenoxy) is 1. The van der Waals surface area contributed by atoms with Gasteiger partial charge in [-0.3, -0.25) is 5.32 Å². The molecule has 0 spiro atoms. The normalized spacial score (nSPS) is 12.4. The zero-order chi connectivity index (χ0) is 11.8. The Balaban J connectivity index is 2.43. The summed E-state index contributed by atoms with van der Waals surface area (Å²) >= 11 is 5.90. The zero-order valence-electron chi connectivity index (χ0n) is 10.0. The van der Waals surface area contributed by atoms with Gasteiger partial charge in [-0.1, -0.05) is 37.4 Å². The third-order valence-corrected chi connectivity index (χ3v) is 2.70. The summed E-state index contributed by atoms with van der Waals surface area (Å²) in [6.07, 6.45) is 4.76. The van der Waals surface area contributed by atoms with Crippen LogP contribution in [-0.2, 0) is 0 Å². The van der Waals surface area contributed by atoms with Crippen molar-refractivity contribution in [3.05, 3.63) is 29.3 Å². The second-order valence-corrected chi connectivity index (χ2v) is 4.28. The molecule has 1 rings (SSSR count). The molecular weight excluding hydrogens is 222 g/mol. The summed E-state index contributed by atoms with van der Waals surface area (Å²) in [5.74, 6) is 0.823. The summed E-state index contributed by atoms with van der Waals surface area (Å²) in [4.78, 5) is 0.